The zero-order valence-electron chi connectivity index (χ0n) is 17.4. The highest BCUT2D eigenvalue weighted by Gasteiger charge is 2.41. The third-order valence-electron chi connectivity index (χ3n) is 5.83. The van der Waals surface area contributed by atoms with Crippen LogP contribution in [0.15, 0.2) is 66.7 Å². The highest BCUT2D eigenvalue weighted by atomic mass is 127. The Labute approximate surface area is 194 Å². The van der Waals surface area contributed by atoms with Gasteiger partial charge in [-0.25, -0.2) is 9.18 Å². The molecular formula is C26H21FINO2. The zero-order chi connectivity index (χ0) is 21.9. The van der Waals surface area contributed by atoms with E-state index < -0.39 is 12.2 Å². The number of carbonyl (C=O) groups is 1. The topological polar surface area (TPSA) is 29.5 Å². The third kappa shape index (κ3) is 3.26. The molecule has 0 amide bonds. The number of nitrogens with zero attached hydrogens (tertiary/aromatic N) is 1. The second-order valence-electron chi connectivity index (χ2n) is 8.87. The van der Waals surface area contributed by atoms with Crippen LogP contribution in [0.25, 0.3) is 9.28 Å². The molecule has 2 aliphatic heterocycles. The number of hydrogen-bond donors (Lipinski definition) is 0. The minimum Gasteiger partial charge on any atom is -0.433 e. The van der Waals surface area contributed by atoms with Gasteiger partial charge in [-0.1, -0.05) is 69.3 Å². The van der Waals surface area contributed by atoms with Crippen molar-refractivity contribution in [1.82, 2.24) is 0 Å². The number of ether oxygens (including phenoxy) is 1. The van der Waals surface area contributed by atoms with Crippen molar-refractivity contribution in [2.75, 3.05) is 4.90 Å². The summed E-state index contributed by atoms with van der Waals surface area (Å²) in [6.45, 7) is 6.54. The van der Waals surface area contributed by atoms with Gasteiger partial charge in [0, 0.05) is 9.14 Å². The lowest BCUT2D eigenvalue weighted by molar-refractivity contribution is 0.0277. The van der Waals surface area contributed by atoms with Crippen molar-refractivity contribution in [3.05, 3.63) is 100 Å². The maximum Gasteiger partial charge on any atom is 0.342 e. The van der Waals surface area contributed by atoms with Crippen LogP contribution in [0.4, 0.5) is 10.1 Å². The first kappa shape index (κ1) is 20.2. The van der Waals surface area contributed by atoms with Crippen molar-refractivity contribution in [1.29, 1.82) is 0 Å². The average molecular weight is 525 g/mol. The molecule has 2 aliphatic rings. The number of esters is 1. The molecule has 2 heterocycles. The standard InChI is InChI=1S/C26H21FINO2/c1-26(2,3)16-10-8-15(9-11-16)23-22(28)18-6-4-5-7-19(18)24-29(23)21-14-17(27)12-13-20(21)25(30)31-24/h4-14,24H,1-3H3. The molecule has 3 nitrogen and oxygen atoms in total. The van der Waals surface area contributed by atoms with Gasteiger partial charge in [0.15, 0.2) is 0 Å². The molecule has 0 saturated heterocycles. The minimum absolute atomic E-state index is 0.0398. The SMILES string of the molecule is CC(C)(C)c1ccc(C2=C(I)c3ccccc3C3OC(=O)c4ccc(F)cc4N23)cc1. The number of hydrogen-bond acceptors (Lipinski definition) is 3. The van der Waals surface area contributed by atoms with E-state index in [1.807, 2.05) is 29.2 Å². The van der Waals surface area contributed by atoms with E-state index in [9.17, 15) is 9.18 Å². The van der Waals surface area contributed by atoms with E-state index in [1.54, 1.807) is 0 Å². The molecule has 0 saturated carbocycles. The summed E-state index contributed by atoms with van der Waals surface area (Å²) in [7, 11) is 0. The summed E-state index contributed by atoms with van der Waals surface area (Å²) < 4.78 is 21.2. The van der Waals surface area contributed by atoms with Crippen LogP contribution < -0.4 is 4.90 Å². The maximum absolute atomic E-state index is 14.3. The second kappa shape index (κ2) is 7.19. The molecule has 5 rings (SSSR count). The maximum atomic E-state index is 14.3. The van der Waals surface area contributed by atoms with Gasteiger partial charge in [-0.2, -0.15) is 0 Å². The Morgan fingerprint density at radius 2 is 1.68 bits per heavy atom. The molecule has 0 aromatic heterocycles. The molecule has 0 fully saturated rings. The molecule has 156 valence electrons. The van der Waals surface area contributed by atoms with Gasteiger partial charge in [0.1, 0.15) is 5.82 Å². The molecule has 0 radical (unpaired) electrons. The van der Waals surface area contributed by atoms with Gasteiger partial charge in [0.2, 0.25) is 6.23 Å². The Hall–Kier alpha value is -2.67. The first-order valence-corrected chi connectivity index (χ1v) is 11.2. The number of benzene rings is 3. The Balaban J connectivity index is 1.77. The van der Waals surface area contributed by atoms with Crippen LogP contribution in [-0.4, -0.2) is 5.97 Å². The van der Waals surface area contributed by atoms with Crippen LogP contribution in [0.3, 0.4) is 0 Å². The molecule has 5 heteroatoms. The summed E-state index contributed by atoms with van der Waals surface area (Å²) >= 11 is 2.34. The monoisotopic (exact) mass is 525 g/mol. The van der Waals surface area contributed by atoms with Crippen LogP contribution in [0.2, 0.25) is 0 Å². The summed E-state index contributed by atoms with van der Waals surface area (Å²) in [5.41, 5.74) is 5.98. The molecule has 0 N–H and O–H groups in total. The first-order chi connectivity index (χ1) is 14.8. The van der Waals surface area contributed by atoms with Gasteiger partial charge in [0.05, 0.1) is 16.9 Å². The molecular weight excluding hydrogens is 504 g/mol. The number of halogens is 2. The summed E-state index contributed by atoms with van der Waals surface area (Å²) in [5, 5.41) is 0. The van der Waals surface area contributed by atoms with E-state index in [-0.39, 0.29) is 11.2 Å². The summed E-state index contributed by atoms with van der Waals surface area (Å²) in [6.07, 6.45) is -0.645. The molecule has 1 unspecified atom stereocenters. The van der Waals surface area contributed by atoms with E-state index in [1.165, 1.54) is 23.8 Å². The van der Waals surface area contributed by atoms with E-state index in [0.717, 1.165) is 26.0 Å². The summed E-state index contributed by atoms with van der Waals surface area (Å²) in [6, 6.07) is 20.6. The average Bonchev–Trinajstić information content (AvgIpc) is 2.74. The van der Waals surface area contributed by atoms with Crippen molar-refractivity contribution < 1.29 is 13.9 Å². The molecule has 0 aliphatic carbocycles. The Morgan fingerprint density at radius 3 is 2.39 bits per heavy atom. The van der Waals surface area contributed by atoms with Gasteiger partial charge >= 0.3 is 5.97 Å². The van der Waals surface area contributed by atoms with Crippen molar-refractivity contribution >= 4 is 43.5 Å². The molecule has 0 spiro atoms. The highest BCUT2D eigenvalue weighted by molar-refractivity contribution is 14.1. The van der Waals surface area contributed by atoms with Gasteiger partial charge in [-0.05, 0) is 62.9 Å². The Kier molecular flexibility index (Phi) is 4.70. The van der Waals surface area contributed by atoms with Gasteiger partial charge < -0.3 is 4.74 Å². The molecule has 31 heavy (non-hydrogen) atoms. The normalized spacial score (nSPS) is 17.6. The van der Waals surface area contributed by atoms with Crippen molar-refractivity contribution in [2.45, 2.75) is 32.4 Å². The van der Waals surface area contributed by atoms with Gasteiger partial charge in [-0.15, -0.1) is 0 Å². The zero-order valence-corrected chi connectivity index (χ0v) is 19.6. The number of carbonyl (C=O) groups excluding carboxylic acids is 1. The fourth-order valence-corrected chi connectivity index (χ4v) is 5.26. The van der Waals surface area contributed by atoms with E-state index in [0.29, 0.717) is 11.3 Å². The predicted octanol–water partition coefficient (Wildman–Crippen LogP) is 7.07. The fourth-order valence-electron chi connectivity index (χ4n) is 4.20. The lowest BCUT2D eigenvalue weighted by atomic mass is 9.86. The van der Waals surface area contributed by atoms with Crippen LogP contribution >= 0.6 is 22.6 Å². The smallest absolute Gasteiger partial charge is 0.342 e. The lowest BCUT2D eigenvalue weighted by Crippen LogP contribution is -2.39. The Bertz CT molecular complexity index is 1240. The van der Waals surface area contributed by atoms with Crippen molar-refractivity contribution in [3.63, 3.8) is 0 Å². The van der Waals surface area contributed by atoms with Crippen LogP contribution in [-0.2, 0) is 10.2 Å². The summed E-state index contributed by atoms with van der Waals surface area (Å²) in [4.78, 5) is 14.7. The minimum atomic E-state index is -0.645. The first-order valence-electron chi connectivity index (χ1n) is 10.2. The largest absolute Gasteiger partial charge is 0.433 e. The van der Waals surface area contributed by atoms with Gasteiger partial charge in [-0.3, -0.25) is 4.90 Å². The molecule has 1 atom stereocenters. The van der Waals surface area contributed by atoms with E-state index in [2.05, 4.69) is 67.6 Å². The van der Waals surface area contributed by atoms with Crippen molar-refractivity contribution in [2.24, 2.45) is 0 Å². The predicted molar refractivity (Wildman–Crippen MR) is 129 cm³/mol. The van der Waals surface area contributed by atoms with E-state index >= 15 is 0 Å². The number of fused-ring (bicyclic) bond motifs is 5. The second-order valence-corrected chi connectivity index (χ2v) is 9.95. The fraction of sp³-hybridized carbons (Fsp3) is 0.192. The highest BCUT2D eigenvalue weighted by Crippen LogP contribution is 2.51. The molecule has 3 aromatic carbocycles. The molecule has 0 bridgehead atoms. The van der Waals surface area contributed by atoms with E-state index in [4.69, 9.17) is 4.74 Å². The van der Waals surface area contributed by atoms with Crippen LogP contribution in [0, 0.1) is 5.82 Å². The third-order valence-corrected chi connectivity index (χ3v) is 6.92. The summed E-state index contributed by atoms with van der Waals surface area (Å²) in [5.74, 6) is -0.825. The molecule has 3 aromatic rings. The Morgan fingerprint density at radius 1 is 0.968 bits per heavy atom. The number of anilines is 1. The van der Waals surface area contributed by atoms with Crippen molar-refractivity contribution in [3.8, 4) is 0 Å². The van der Waals surface area contributed by atoms with Crippen LogP contribution in [0.1, 0.15) is 59.6 Å². The quantitative estimate of drug-likeness (QED) is 0.251. The van der Waals surface area contributed by atoms with Crippen LogP contribution in [0.5, 0.6) is 0 Å². The van der Waals surface area contributed by atoms with Gasteiger partial charge in [0.25, 0.3) is 0 Å². The lowest BCUT2D eigenvalue weighted by Gasteiger charge is -2.43. The number of rotatable bonds is 1.